The van der Waals surface area contributed by atoms with E-state index in [2.05, 4.69) is 13.8 Å². The van der Waals surface area contributed by atoms with Crippen molar-refractivity contribution in [2.45, 2.75) is 68.5 Å². The monoisotopic (exact) mass is 230 g/mol. The van der Waals surface area contributed by atoms with Gasteiger partial charge in [0.2, 0.25) is 0 Å². The molecule has 0 aromatic rings. The smallest absolute Gasteiger partial charge is 0.0670 e. The zero-order valence-corrected chi connectivity index (χ0v) is 10.6. The van der Waals surface area contributed by atoms with Crippen LogP contribution in [0, 0.1) is 5.92 Å². The van der Waals surface area contributed by atoms with Crippen LogP contribution in [0.15, 0.2) is 0 Å². The first-order valence-electron chi connectivity index (χ1n) is 6.12. The van der Waals surface area contributed by atoms with Crippen LogP contribution in [0.2, 0.25) is 0 Å². The van der Waals surface area contributed by atoms with Crippen LogP contribution in [0.25, 0.3) is 0 Å². The Morgan fingerprint density at radius 3 is 2.33 bits per heavy atom. The van der Waals surface area contributed by atoms with Gasteiger partial charge in [-0.2, -0.15) is 0 Å². The van der Waals surface area contributed by atoms with Gasteiger partial charge in [0.05, 0.1) is 5.60 Å². The Kier molecular flexibility index (Phi) is 3.22. The van der Waals surface area contributed by atoms with Crippen molar-refractivity contribution < 1.29 is 9.32 Å². The lowest BCUT2D eigenvalue weighted by molar-refractivity contribution is 0.00959. The van der Waals surface area contributed by atoms with Gasteiger partial charge in [-0.3, -0.25) is 4.21 Å². The minimum Gasteiger partial charge on any atom is -0.390 e. The first-order valence-corrected chi connectivity index (χ1v) is 7.39. The third-order valence-corrected chi connectivity index (χ3v) is 5.99. The summed E-state index contributed by atoms with van der Waals surface area (Å²) in [6, 6.07) is 0. The van der Waals surface area contributed by atoms with Gasteiger partial charge >= 0.3 is 0 Å². The Morgan fingerprint density at radius 2 is 1.87 bits per heavy atom. The lowest BCUT2D eigenvalue weighted by Crippen LogP contribution is -2.42. The van der Waals surface area contributed by atoms with Gasteiger partial charge in [-0.25, -0.2) is 0 Å². The maximum Gasteiger partial charge on any atom is 0.0670 e. The van der Waals surface area contributed by atoms with Gasteiger partial charge in [0.15, 0.2) is 0 Å². The second kappa shape index (κ2) is 4.17. The van der Waals surface area contributed by atoms with Crippen molar-refractivity contribution in [2.75, 3.05) is 0 Å². The van der Waals surface area contributed by atoms with E-state index in [0.29, 0.717) is 16.4 Å². The molecule has 0 radical (unpaired) electrons. The quantitative estimate of drug-likeness (QED) is 0.807. The van der Waals surface area contributed by atoms with E-state index in [0.717, 1.165) is 38.5 Å². The molecule has 2 fully saturated rings. The molecule has 2 bridgehead atoms. The molecule has 2 unspecified atom stereocenters. The summed E-state index contributed by atoms with van der Waals surface area (Å²) in [4.78, 5) is 0. The van der Waals surface area contributed by atoms with Crippen LogP contribution in [-0.2, 0) is 10.8 Å². The highest BCUT2D eigenvalue weighted by Gasteiger charge is 2.47. The number of hydrogen-bond acceptors (Lipinski definition) is 2. The Labute approximate surface area is 94.9 Å². The summed E-state index contributed by atoms with van der Waals surface area (Å²) in [5, 5.41) is 11.1. The third kappa shape index (κ3) is 2.44. The van der Waals surface area contributed by atoms with Crippen LogP contribution < -0.4 is 0 Å². The summed E-state index contributed by atoms with van der Waals surface area (Å²) in [6.45, 7) is 4.39. The predicted molar refractivity (Wildman–Crippen MR) is 63.2 cm³/mol. The van der Waals surface area contributed by atoms with Crippen molar-refractivity contribution in [3.8, 4) is 0 Å². The topological polar surface area (TPSA) is 37.3 Å². The van der Waals surface area contributed by atoms with Gasteiger partial charge in [-0.05, 0) is 44.4 Å². The molecule has 2 saturated heterocycles. The molecule has 1 N–H and O–H groups in total. The fourth-order valence-corrected chi connectivity index (χ4v) is 5.17. The standard InChI is InChI=1S/C12H22O2S/c1-9(2)5-6-12(13)7-10-3-4-11(8-12)15(10)14/h9-11,13H,3-8H2,1-2H3. The summed E-state index contributed by atoms with van der Waals surface area (Å²) >= 11 is 0. The maximum absolute atomic E-state index is 11.8. The maximum atomic E-state index is 11.8. The molecule has 0 aromatic carbocycles. The first-order chi connectivity index (χ1) is 7.00. The van der Waals surface area contributed by atoms with E-state index in [1.54, 1.807) is 0 Å². The molecule has 2 atom stereocenters. The second-order valence-corrected chi connectivity index (χ2v) is 7.71. The van der Waals surface area contributed by atoms with E-state index in [1.807, 2.05) is 0 Å². The summed E-state index contributed by atoms with van der Waals surface area (Å²) in [7, 11) is -0.639. The van der Waals surface area contributed by atoms with Crippen molar-refractivity contribution in [2.24, 2.45) is 5.92 Å². The number of aliphatic hydroxyl groups is 1. The lowest BCUT2D eigenvalue weighted by Gasteiger charge is -2.36. The van der Waals surface area contributed by atoms with Crippen molar-refractivity contribution in [1.29, 1.82) is 0 Å². The molecule has 2 heterocycles. The molecule has 2 aliphatic heterocycles. The Bertz CT molecular complexity index is 246. The molecule has 0 spiro atoms. The zero-order valence-electron chi connectivity index (χ0n) is 9.74. The number of fused-ring (bicyclic) bond motifs is 2. The van der Waals surface area contributed by atoms with Gasteiger partial charge in [0.25, 0.3) is 0 Å². The van der Waals surface area contributed by atoms with Crippen LogP contribution in [0.3, 0.4) is 0 Å². The van der Waals surface area contributed by atoms with Crippen LogP contribution in [0.5, 0.6) is 0 Å². The molecule has 0 aliphatic carbocycles. The molecule has 0 aromatic heterocycles. The van der Waals surface area contributed by atoms with Crippen molar-refractivity contribution >= 4 is 10.8 Å². The average Bonchev–Trinajstić information content (AvgIpc) is 2.39. The molecule has 3 heteroatoms. The van der Waals surface area contributed by atoms with Crippen molar-refractivity contribution in [1.82, 2.24) is 0 Å². The van der Waals surface area contributed by atoms with Crippen LogP contribution in [0.1, 0.15) is 52.4 Å². The molecule has 0 saturated carbocycles. The Hall–Kier alpha value is 0.110. The largest absolute Gasteiger partial charge is 0.390 e. The van der Waals surface area contributed by atoms with Crippen molar-refractivity contribution in [3.63, 3.8) is 0 Å². The fourth-order valence-electron chi connectivity index (χ4n) is 2.94. The lowest BCUT2D eigenvalue weighted by atomic mass is 9.86. The molecule has 2 nitrogen and oxygen atoms in total. The highest BCUT2D eigenvalue weighted by Crippen LogP contribution is 2.43. The van der Waals surface area contributed by atoms with Gasteiger partial charge in [0.1, 0.15) is 0 Å². The van der Waals surface area contributed by atoms with Crippen LogP contribution in [-0.4, -0.2) is 25.4 Å². The predicted octanol–water partition coefficient (Wildman–Crippen LogP) is 2.23. The SMILES string of the molecule is CC(C)CCC1(O)CC2CCC(C1)S2=O. The summed E-state index contributed by atoms with van der Waals surface area (Å²) < 4.78 is 11.8. The Morgan fingerprint density at radius 1 is 1.33 bits per heavy atom. The highest BCUT2D eigenvalue weighted by molar-refractivity contribution is 7.86. The molecular weight excluding hydrogens is 208 g/mol. The van der Waals surface area contributed by atoms with Gasteiger partial charge in [0, 0.05) is 21.3 Å². The zero-order chi connectivity index (χ0) is 11.1. The number of rotatable bonds is 3. The van der Waals surface area contributed by atoms with E-state index in [-0.39, 0.29) is 0 Å². The highest BCUT2D eigenvalue weighted by atomic mass is 32.2. The molecule has 2 aliphatic rings. The summed E-state index contributed by atoms with van der Waals surface area (Å²) in [5.41, 5.74) is -0.496. The van der Waals surface area contributed by atoms with Gasteiger partial charge in [-0.15, -0.1) is 0 Å². The normalized spacial score (nSPS) is 44.9. The molecule has 88 valence electrons. The van der Waals surface area contributed by atoms with E-state index < -0.39 is 16.4 Å². The molecule has 2 rings (SSSR count). The summed E-state index contributed by atoms with van der Waals surface area (Å²) in [5.74, 6) is 0.652. The Balaban J connectivity index is 1.97. The second-order valence-electron chi connectivity index (χ2n) is 5.72. The van der Waals surface area contributed by atoms with Crippen LogP contribution >= 0.6 is 0 Å². The average molecular weight is 230 g/mol. The van der Waals surface area contributed by atoms with E-state index in [9.17, 15) is 9.32 Å². The minimum absolute atomic E-state index is 0.293. The van der Waals surface area contributed by atoms with Crippen molar-refractivity contribution in [3.05, 3.63) is 0 Å². The molecule has 15 heavy (non-hydrogen) atoms. The molecular formula is C12H22O2S. The van der Waals surface area contributed by atoms with E-state index >= 15 is 0 Å². The summed E-state index contributed by atoms with van der Waals surface area (Å²) in [6.07, 6.45) is 5.69. The third-order valence-electron chi connectivity index (χ3n) is 3.87. The first kappa shape index (κ1) is 11.6. The molecule has 0 amide bonds. The van der Waals surface area contributed by atoms with Crippen LogP contribution in [0.4, 0.5) is 0 Å². The minimum atomic E-state index is -0.639. The van der Waals surface area contributed by atoms with Gasteiger partial charge < -0.3 is 5.11 Å². The number of hydrogen-bond donors (Lipinski definition) is 1. The van der Waals surface area contributed by atoms with E-state index in [4.69, 9.17) is 0 Å². The fraction of sp³-hybridized carbons (Fsp3) is 1.00. The van der Waals surface area contributed by atoms with Gasteiger partial charge in [-0.1, -0.05) is 13.8 Å². The van der Waals surface area contributed by atoms with E-state index in [1.165, 1.54) is 0 Å².